The van der Waals surface area contributed by atoms with E-state index >= 15 is 0 Å². The summed E-state index contributed by atoms with van der Waals surface area (Å²) < 4.78 is 13.1. The minimum absolute atomic E-state index is 0.863. The van der Waals surface area contributed by atoms with Gasteiger partial charge in [0.25, 0.3) is 0 Å². The molecule has 2 aromatic heterocycles. The van der Waals surface area contributed by atoms with E-state index in [1.54, 1.807) is 0 Å². The highest BCUT2D eigenvalue weighted by atomic mass is 16.3. The zero-order chi connectivity index (χ0) is 37.9. The molecule has 0 bridgehead atoms. The topological polar surface area (TPSA) is 26.3 Å². The molecule has 2 heteroatoms. The van der Waals surface area contributed by atoms with Crippen molar-refractivity contribution in [2.24, 2.45) is 0 Å². The van der Waals surface area contributed by atoms with E-state index in [9.17, 15) is 0 Å². The monoisotopic (exact) mass is 736 g/mol. The van der Waals surface area contributed by atoms with Gasteiger partial charge in [0, 0.05) is 26.9 Å². The van der Waals surface area contributed by atoms with Crippen molar-refractivity contribution in [2.45, 2.75) is 0 Å². The maximum absolute atomic E-state index is 6.75. The summed E-state index contributed by atoms with van der Waals surface area (Å²) >= 11 is 0. The molecule has 268 valence electrons. The second-order valence-corrected chi connectivity index (χ2v) is 15.5. The predicted octanol–water partition coefficient (Wildman–Crippen LogP) is 16.3. The van der Waals surface area contributed by atoms with E-state index in [0.29, 0.717) is 0 Å². The molecule has 13 aromatic rings. The van der Waals surface area contributed by atoms with Crippen LogP contribution >= 0.6 is 0 Å². The zero-order valence-electron chi connectivity index (χ0n) is 31.3. The lowest BCUT2D eigenvalue weighted by Gasteiger charge is -2.20. The maximum atomic E-state index is 6.75. The average molecular weight is 737 g/mol. The van der Waals surface area contributed by atoms with Gasteiger partial charge >= 0.3 is 0 Å². The van der Waals surface area contributed by atoms with Crippen molar-refractivity contribution in [1.29, 1.82) is 0 Å². The minimum Gasteiger partial charge on any atom is -0.456 e. The number of hydrogen-bond donors (Lipinski definition) is 0. The first kappa shape index (κ1) is 31.5. The molecule has 0 fully saturated rings. The van der Waals surface area contributed by atoms with Crippen LogP contribution in [0.1, 0.15) is 0 Å². The number of para-hydroxylation sites is 1. The van der Waals surface area contributed by atoms with Gasteiger partial charge in [-0.05, 0) is 112 Å². The van der Waals surface area contributed by atoms with Crippen LogP contribution in [0.15, 0.2) is 203 Å². The van der Waals surface area contributed by atoms with E-state index in [0.717, 1.165) is 54.6 Å². The van der Waals surface area contributed by atoms with E-state index in [-0.39, 0.29) is 0 Å². The van der Waals surface area contributed by atoms with Gasteiger partial charge in [0.15, 0.2) is 0 Å². The lowest BCUT2D eigenvalue weighted by Crippen LogP contribution is -1.93. The minimum atomic E-state index is 0.863. The highest BCUT2D eigenvalue weighted by molar-refractivity contribution is 6.26. The van der Waals surface area contributed by atoms with Gasteiger partial charge in [-0.3, -0.25) is 0 Å². The van der Waals surface area contributed by atoms with E-state index in [1.165, 1.54) is 76.5 Å². The molecule has 11 aromatic carbocycles. The first-order chi connectivity index (χ1) is 28.8. The molecule has 0 saturated heterocycles. The fraction of sp³-hybridized carbons (Fsp3) is 0. The van der Waals surface area contributed by atoms with Crippen molar-refractivity contribution >= 4 is 97.7 Å². The van der Waals surface area contributed by atoms with Gasteiger partial charge in [0.1, 0.15) is 22.3 Å². The lowest BCUT2D eigenvalue weighted by molar-refractivity contribution is 0.665. The molecule has 0 unspecified atom stereocenters. The Balaban J connectivity index is 1.08. The molecular weight excluding hydrogens is 705 g/mol. The van der Waals surface area contributed by atoms with Crippen LogP contribution in [0.3, 0.4) is 0 Å². The molecule has 0 aliphatic carbocycles. The molecule has 58 heavy (non-hydrogen) atoms. The van der Waals surface area contributed by atoms with Crippen LogP contribution in [-0.2, 0) is 0 Å². The van der Waals surface area contributed by atoms with Gasteiger partial charge in [-0.2, -0.15) is 0 Å². The Bertz CT molecular complexity index is 3800. The molecule has 0 aliphatic rings. The molecule has 0 N–H and O–H groups in total. The predicted molar refractivity (Wildman–Crippen MR) is 245 cm³/mol. The quantitative estimate of drug-likeness (QED) is 0.169. The second-order valence-electron chi connectivity index (χ2n) is 15.5. The zero-order valence-corrected chi connectivity index (χ0v) is 31.3. The van der Waals surface area contributed by atoms with Crippen molar-refractivity contribution in [3.05, 3.63) is 194 Å². The fourth-order valence-corrected chi connectivity index (χ4v) is 9.86. The Hall–Kier alpha value is -7.68. The highest BCUT2D eigenvalue weighted by Gasteiger charge is 2.22. The molecule has 0 radical (unpaired) electrons. The SMILES string of the molecule is c1ccc2cc(-c3c4ccccc4c(-c4ccc(-c5cc6c7cc8oc9ccccc9c8cc7oc6c6ccccc56)c5ccccc45)c4ccccc34)ccc2c1. The fourth-order valence-electron chi connectivity index (χ4n) is 9.86. The van der Waals surface area contributed by atoms with E-state index < -0.39 is 0 Å². The molecule has 13 rings (SSSR count). The Morgan fingerprint density at radius 2 is 0.741 bits per heavy atom. The first-order valence-corrected chi connectivity index (χ1v) is 19.9. The van der Waals surface area contributed by atoms with Crippen LogP contribution in [0.4, 0.5) is 0 Å². The number of fused-ring (bicyclic) bond motifs is 12. The Kier molecular flexibility index (Phi) is 6.47. The normalized spacial score (nSPS) is 12.1. The van der Waals surface area contributed by atoms with Gasteiger partial charge < -0.3 is 8.83 Å². The van der Waals surface area contributed by atoms with Crippen molar-refractivity contribution in [3.8, 4) is 33.4 Å². The summed E-state index contributed by atoms with van der Waals surface area (Å²) in [6.45, 7) is 0. The standard InChI is InChI=1S/C56H32O2/c1-2-14-34-29-35(26-25-33(34)13-1)54-41-19-6-8-21-43(41)55(44-22-9-7-20-42(44)54)45-28-27-39(36-15-3-4-16-37(36)45)47-30-50-49-32-52-48(40-18-11-12-24-51(40)57-52)31-53(49)58-56(50)46-23-10-5-17-38(46)47/h1-32H. The number of furan rings is 2. The highest BCUT2D eigenvalue weighted by Crippen LogP contribution is 2.48. The Morgan fingerprint density at radius 3 is 1.45 bits per heavy atom. The summed E-state index contributed by atoms with van der Waals surface area (Å²) in [5.74, 6) is 0. The number of hydrogen-bond acceptors (Lipinski definition) is 2. The molecule has 2 heterocycles. The first-order valence-electron chi connectivity index (χ1n) is 19.9. The van der Waals surface area contributed by atoms with Crippen LogP contribution in [0.25, 0.3) is 131 Å². The summed E-state index contributed by atoms with van der Waals surface area (Å²) in [4.78, 5) is 0. The third-order valence-corrected chi connectivity index (χ3v) is 12.4. The van der Waals surface area contributed by atoms with Gasteiger partial charge in [0.05, 0.1) is 0 Å². The molecule has 0 atom stereocenters. The van der Waals surface area contributed by atoms with Gasteiger partial charge in [-0.15, -0.1) is 0 Å². The third-order valence-electron chi connectivity index (χ3n) is 12.4. The van der Waals surface area contributed by atoms with Crippen molar-refractivity contribution in [2.75, 3.05) is 0 Å². The third kappa shape index (κ3) is 4.43. The van der Waals surface area contributed by atoms with Gasteiger partial charge in [-0.25, -0.2) is 0 Å². The second kappa shape index (κ2) is 11.9. The van der Waals surface area contributed by atoms with Gasteiger partial charge in [-0.1, -0.05) is 164 Å². The summed E-state index contributed by atoms with van der Waals surface area (Å²) in [5, 5.41) is 16.5. The van der Waals surface area contributed by atoms with E-state index in [1.807, 2.05) is 12.1 Å². The molecule has 0 aliphatic heterocycles. The van der Waals surface area contributed by atoms with Crippen LogP contribution in [0.2, 0.25) is 0 Å². The van der Waals surface area contributed by atoms with Crippen LogP contribution < -0.4 is 0 Å². The Labute approximate surface area is 332 Å². The smallest absolute Gasteiger partial charge is 0.143 e. The van der Waals surface area contributed by atoms with Crippen LogP contribution in [0, 0.1) is 0 Å². The molecular formula is C56H32O2. The molecule has 2 nitrogen and oxygen atoms in total. The summed E-state index contributed by atoms with van der Waals surface area (Å²) in [6.07, 6.45) is 0. The lowest BCUT2D eigenvalue weighted by atomic mass is 9.83. The summed E-state index contributed by atoms with van der Waals surface area (Å²) in [5.41, 5.74) is 10.9. The van der Waals surface area contributed by atoms with Crippen molar-refractivity contribution < 1.29 is 8.83 Å². The van der Waals surface area contributed by atoms with Crippen molar-refractivity contribution in [1.82, 2.24) is 0 Å². The Morgan fingerprint density at radius 1 is 0.241 bits per heavy atom. The van der Waals surface area contributed by atoms with Crippen LogP contribution in [-0.4, -0.2) is 0 Å². The van der Waals surface area contributed by atoms with E-state index in [4.69, 9.17) is 8.83 Å². The summed E-state index contributed by atoms with van der Waals surface area (Å²) in [7, 11) is 0. The van der Waals surface area contributed by atoms with Crippen molar-refractivity contribution in [3.63, 3.8) is 0 Å². The molecule has 0 spiro atoms. The maximum Gasteiger partial charge on any atom is 0.143 e. The van der Waals surface area contributed by atoms with Crippen LogP contribution in [0.5, 0.6) is 0 Å². The molecule has 0 saturated carbocycles. The number of benzene rings is 11. The summed E-state index contributed by atoms with van der Waals surface area (Å²) in [6, 6.07) is 70.5. The number of rotatable bonds is 3. The van der Waals surface area contributed by atoms with Gasteiger partial charge in [0.2, 0.25) is 0 Å². The largest absolute Gasteiger partial charge is 0.456 e. The average Bonchev–Trinajstić information content (AvgIpc) is 3.84. The van der Waals surface area contributed by atoms with E-state index in [2.05, 4.69) is 182 Å². The molecule has 0 amide bonds.